The number of carbonyl (C=O) groups is 2. The summed E-state index contributed by atoms with van der Waals surface area (Å²) in [5.74, 6) is 0.0455. The van der Waals surface area contributed by atoms with Crippen molar-refractivity contribution in [3.8, 4) is 0 Å². The zero-order valence-electron chi connectivity index (χ0n) is 18.6. The second-order valence-corrected chi connectivity index (χ2v) is 9.83. The Morgan fingerprint density at radius 2 is 1.49 bits per heavy atom. The predicted molar refractivity (Wildman–Crippen MR) is 134 cm³/mol. The Hall–Kier alpha value is -4.18. The van der Waals surface area contributed by atoms with E-state index in [1.54, 1.807) is 59.5 Å². The fourth-order valence-electron chi connectivity index (χ4n) is 4.30. The fourth-order valence-corrected chi connectivity index (χ4v) is 5.52. The predicted octanol–water partition coefficient (Wildman–Crippen LogP) is 3.88. The number of amidine groups is 1. The van der Waals surface area contributed by atoms with Crippen molar-refractivity contribution in [3.05, 3.63) is 84.4 Å². The highest BCUT2D eigenvalue weighted by atomic mass is 32.2. The summed E-state index contributed by atoms with van der Waals surface area (Å²) in [5.41, 5.74) is 2.21. The highest BCUT2D eigenvalue weighted by molar-refractivity contribution is 7.90. The van der Waals surface area contributed by atoms with Crippen molar-refractivity contribution in [1.82, 2.24) is 4.90 Å². The van der Waals surface area contributed by atoms with Gasteiger partial charge < -0.3 is 20.9 Å². The SMILES string of the molecule is O=C(Nc1ccccc1)Nc1cccc(NC(=O)[C@@H]2CCCN2C2=NS(=O)(=O)c3ccccc32)c1. The number of fused-ring (bicyclic) bond motifs is 1. The number of likely N-dealkylation sites (tertiary alicyclic amines) is 1. The molecule has 3 amide bonds. The molecular formula is C25H23N5O4S. The maximum Gasteiger partial charge on any atom is 0.323 e. The van der Waals surface area contributed by atoms with Crippen LogP contribution in [0.2, 0.25) is 0 Å². The summed E-state index contributed by atoms with van der Waals surface area (Å²) >= 11 is 0. The molecule has 0 radical (unpaired) electrons. The highest BCUT2D eigenvalue weighted by Crippen LogP contribution is 2.31. The topological polar surface area (TPSA) is 120 Å². The molecule has 10 heteroatoms. The quantitative estimate of drug-likeness (QED) is 0.514. The highest BCUT2D eigenvalue weighted by Gasteiger charge is 2.39. The number of nitrogens with zero attached hydrogens (tertiary/aromatic N) is 2. The molecule has 1 saturated heterocycles. The molecular weight excluding hydrogens is 466 g/mol. The van der Waals surface area contributed by atoms with Crippen molar-refractivity contribution in [1.29, 1.82) is 0 Å². The van der Waals surface area contributed by atoms with Crippen LogP contribution in [0.15, 0.2) is 88.2 Å². The number of nitrogens with one attached hydrogen (secondary N) is 3. The van der Waals surface area contributed by atoms with E-state index in [9.17, 15) is 18.0 Å². The third kappa shape index (κ3) is 4.73. The van der Waals surface area contributed by atoms with E-state index in [0.29, 0.717) is 41.4 Å². The average Bonchev–Trinajstić information content (AvgIpc) is 3.43. The van der Waals surface area contributed by atoms with Gasteiger partial charge in [-0.3, -0.25) is 4.79 Å². The first-order valence-electron chi connectivity index (χ1n) is 11.2. The van der Waals surface area contributed by atoms with Crippen molar-refractivity contribution >= 4 is 44.9 Å². The first-order chi connectivity index (χ1) is 16.9. The molecule has 0 bridgehead atoms. The van der Waals surface area contributed by atoms with Gasteiger partial charge in [0.15, 0.2) is 5.84 Å². The van der Waals surface area contributed by atoms with Crippen LogP contribution in [0.3, 0.4) is 0 Å². The summed E-state index contributed by atoms with van der Waals surface area (Å²) < 4.78 is 28.9. The number of hydrogen-bond acceptors (Lipinski definition) is 5. The van der Waals surface area contributed by atoms with Crippen LogP contribution in [0.4, 0.5) is 21.9 Å². The van der Waals surface area contributed by atoms with Gasteiger partial charge in [-0.25, -0.2) is 4.79 Å². The molecule has 0 aliphatic carbocycles. The maximum absolute atomic E-state index is 13.2. The van der Waals surface area contributed by atoms with Gasteiger partial charge in [0.1, 0.15) is 10.9 Å². The Kier molecular flexibility index (Phi) is 5.96. The lowest BCUT2D eigenvalue weighted by molar-refractivity contribution is -0.119. The molecule has 2 aliphatic rings. The van der Waals surface area contributed by atoms with Gasteiger partial charge in [-0.1, -0.05) is 36.4 Å². The molecule has 5 rings (SSSR count). The van der Waals surface area contributed by atoms with Gasteiger partial charge in [0.05, 0.1) is 0 Å². The largest absolute Gasteiger partial charge is 0.343 e. The van der Waals surface area contributed by atoms with E-state index >= 15 is 0 Å². The molecule has 0 saturated carbocycles. The summed E-state index contributed by atoms with van der Waals surface area (Å²) in [5, 5.41) is 8.38. The lowest BCUT2D eigenvalue weighted by Crippen LogP contribution is -2.43. The van der Waals surface area contributed by atoms with E-state index in [2.05, 4.69) is 20.3 Å². The fraction of sp³-hybridized carbons (Fsp3) is 0.160. The number of anilines is 3. The zero-order valence-corrected chi connectivity index (χ0v) is 19.5. The Bertz CT molecular complexity index is 1420. The number of urea groups is 1. The number of para-hydroxylation sites is 1. The number of rotatable bonds is 4. The molecule has 0 spiro atoms. The van der Waals surface area contributed by atoms with Crippen LogP contribution >= 0.6 is 0 Å². The van der Waals surface area contributed by atoms with Crippen molar-refractivity contribution in [2.75, 3.05) is 22.5 Å². The summed E-state index contributed by atoms with van der Waals surface area (Å²) in [4.78, 5) is 27.4. The zero-order chi connectivity index (χ0) is 24.4. The van der Waals surface area contributed by atoms with E-state index < -0.39 is 22.1 Å². The summed E-state index contributed by atoms with van der Waals surface area (Å²) in [6.45, 7) is 0.530. The molecule has 1 atom stereocenters. The standard InChI is InChI=1S/C25H23N5O4S/c31-24(21-13-7-15-30(21)23-20-12-4-5-14-22(20)35(33,34)29-23)26-18-10-6-11-19(16-18)28-25(32)27-17-8-2-1-3-9-17/h1-6,8-12,14,16,21H,7,13,15H2,(H,26,31)(H2,27,28,32)/t21-/m0/s1. The van der Waals surface area contributed by atoms with Gasteiger partial charge in [0, 0.05) is 29.2 Å². The Labute approximate surface area is 202 Å². The first kappa shape index (κ1) is 22.6. The van der Waals surface area contributed by atoms with E-state index in [-0.39, 0.29) is 10.8 Å². The van der Waals surface area contributed by atoms with Crippen LogP contribution in [-0.2, 0) is 14.8 Å². The van der Waals surface area contributed by atoms with Crippen LogP contribution in [0.5, 0.6) is 0 Å². The van der Waals surface area contributed by atoms with Gasteiger partial charge in [-0.2, -0.15) is 8.42 Å². The maximum atomic E-state index is 13.2. The number of hydrogen-bond donors (Lipinski definition) is 3. The molecule has 1 fully saturated rings. The van der Waals surface area contributed by atoms with Gasteiger partial charge in [-0.05, 0) is 55.3 Å². The lowest BCUT2D eigenvalue weighted by atomic mass is 10.1. The van der Waals surface area contributed by atoms with Gasteiger partial charge in [-0.15, -0.1) is 4.40 Å². The van der Waals surface area contributed by atoms with E-state index in [0.717, 1.165) is 6.42 Å². The second kappa shape index (κ2) is 9.22. The lowest BCUT2D eigenvalue weighted by Gasteiger charge is -2.25. The van der Waals surface area contributed by atoms with Crippen molar-refractivity contribution in [3.63, 3.8) is 0 Å². The monoisotopic (exact) mass is 489 g/mol. The minimum atomic E-state index is -3.77. The van der Waals surface area contributed by atoms with Gasteiger partial charge in [0.2, 0.25) is 5.91 Å². The molecule has 3 N–H and O–H groups in total. The molecule has 3 aromatic rings. The molecule has 2 aliphatic heterocycles. The molecule has 0 aromatic heterocycles. The number of amides is 3. The van der Waals surface area contributed by atoms with E-state index in [1.165, 1.54) is 6.07 Å². The van der Waals surface area contributed by atoms with Crippen molar-refractivity contribution in [2.24, 2.45) is 4.40 Å². The number of carbonyl (C=O) groups excluding carboxylic acids is 2. The third-order valence-electron chi connectivity index (χ3n) is 5.86. The summed E-state index contributed by atoms with van der Waals surface area (Å²) in [7, 11) is -3.77. The Morgan fingerprint density at radius 3 is 2.29 bits per heavy atom. The summed E-state index contributed by atoms with van der Waals surface area (Å²) in [6, 6.07) is 21.6. The number of benzene rings is 3. The normalized spacial score (nSPS) is 17.9. The summed E-state index contributed by atoms with van der Waals surface area (Å²) in [6.07, 6.45) is 1.31. The molecule has 2 heterocycles. The van der Waals surface area contributed by atoms with E-state index in [1.807, 2.05) is 18.2 Å². The van der Waals surface area contributed by atoms with Crippen molar-refractivity contribution < 1.29 is 18.0 Å². The van der Waals surface area contributed by atoms with Gasteiger partial charge >= 0.3 is 6.03 Å². The average molecular weight is 490 g/mol. The molecule has 0 unspecified atom stereocenters. The smallest absolute Gasteiger partial charge is 0.323 e. The molecule has 9 nitrogen and oxygen atoms in total. The van der Waals surface area contributed by atoms with Crippen LogP contribution < -0.4 is 16.0 Å². The van der Waals surface area contributed by atoms with E-state index in [4.69, 9.17) is 0 Å². The second-order valence-electron chi connectivity index (χ2n) is 8.25. The third-order valence-corrected chi connectivity index (χ3v) is 7.18. The van der Waals surface area contributed by atoms with Crippen LogP contribution in [0.1, 0.15) is 18.4 Å². The van der Waals surface area contributed by atoms with Crippen LogP contribution in [0, 0.1) is 0 Å². The Morgan fingerprint density at radius 1 is 0.829 bits per heavy atom. The van der Waals surface area contributed by atoms with Crippen molar-refractivity contribution in [2.45, 2.75) is 23.8 Å². The van der Waals surface area contributed by atoms with Crippen LogP contribution in [-0.4, -0.2) is 43.7 Å². The number of sulfonamides is 1. The Balaban J connectivity index is 1.28. The molecule has 3 aromatic carbocycles. The minimum absolute atomic E-state index is 0.161. The minimum Gasteiger partial charge on any atom is -0.343 e. The first-order valence-corrected chi connectivity index (χ1v) is 12.6. The molecule has 35 heavy (non-hydrogen) atoms. The van der Waals surface area contributed by atoms with Gasteiger partial charge in [0.25, 0.3) is 10.0 Å². The van der Waals surface area contributed by atoms with Crippen LogP contribution in [0.25, 0.3) is 0 Å². The molecule has 178 valence electrons.